The molecule has 1 aromatic heterocycles. The molecule has 1 spiro atoms. The summed E-state index contributed by atoms with van der Waals surface area (Å²) in [4.78, 5) is 25.4. The molecule has 0 saturated carbocycles. The second-order valence-electron chi connectivity index (χ2n) is 7.11. The number of piperidine rings is 2. The maximum Gasteiger partial charge on any atom is 0.225 e. The van der Waals surface area contributed by atoms with E-state index in [-0.39, 0.29) is 11.3 Å². The molecule has 138 valence electrons. The Hall–Kier alpha value is -1.89. The van der Waals surface area contributed by atoms with Gasteiger partial charge in [0.25, 0.3) is 0 Å². The number of likely N-dealkylation sites (tertiary alicyclic amines) is 1. The van der Waals surface area contributed by atoms with Gasteiger partial charge in [-0.15, -0.1) is 0 Å². The maximum absolute atomic E-state index is 12.3. The third-order valence-electron chi connectivity index (χ3n) is 5.32. The molecule has 7 heteroatoms. The molecule has 3 rings (SSSR count). The van der Waals surface area contributed by atoms with Crippen LogP contribution in [-0.2, 0) is 9.53 Å². The van der Waals surface area contributed by atoms with Gasteiger partial charge in [-0.05, 0) is 25.7 Å². The second kappa shape index (κ2) is 7.99. The highest BCUT2D eigenvalue weighted by Gasteiger charge is 2.42. The van der Waals surface area contributed by atoms with Crippen LogP contribution in [0.1, 0.15) is 32.1 Å². The lowest BCUT2D eigenvalue weighted by molar-refractivity contribution is -0.138. The van der Waals surface area contributed by atoms with E-state index in [1.807, 2.05) is 4.90 Å². The number of carbonyl (C=O) groups excluding carboxylic acids is 1. The number of rotatable bonds is 6. The summed E-state index contributed by atoms with van der Waals surface area (Å²) in [6.07, 6.45) is 8.19. The highest BCUT2D eigenvalue weighted by Crippen LogP contribution is 2.39. The average Bonchev–Trinajstić information content (AvgIpc) is 2.65. The first-order valence-electron chi connectivity index (χ1n) is 9.03. The van der Waals surface area contributed by atoms with E-state index < -0.39 is 0 Å². The molecule has 1 amide bonds. The van der Waals surface area contributed by atoms with Crippen molar-refractivity contribution in [1.29, 1.82) is 0 Å². The fourth-order valence-corrected chi connectivity index (χ4v) is 4.00. The van der Waals surface area contributed by atoms with Crippen molar-refractivity contribution < 1.29 is 14.3 Å². The van der Waals surface area contributed by atoms with E-state index in [9.17, 15) is 4.79 Å². The van der Waals surface area contributed by atoms with Crippen LogP contribution in [0.4, 0.5) is 5.95 Å². The third kappa shape index (κ3) is 4.21. The smallest absolute Gasteiger partial charge is 0.225 e. The van der Waals surface area contributed by atoms with E-state index in [2.05, 4.69) is 14.9 Å². The molecule has 1 atom stereocenters. The van der Waals surface area contributed by atoms with Gasteiger partial charge in [-0.1, -0.05) is 0 Å². The van der Waals surface area contributed by atoms with E-state index in [0.717, 1.165) is 57.8 Å². The van der Waals surface area contributed by atoms with Crippen molar-refractivity contribution in [1.82, 2.24) is 14.9 Å². The van der Waals surface area contributed by atoms with Crippen LogP contribution >= 0.6 is 0 Å². The Morgan fingerprint density at radius 3 is 2.72 bits per heavy atom. The number of anilines is 1. The van der Waals surface area contributed by atoms with Crippen LogP contribution in [0.15, 0.2) is 12.4 Å². The summed E-state index contributed by atoms with van der Waals surface area (Å²) in [5.41, 5.74) is 0.155. The number of carbonyl (C=O) groups is 1. The van der Waals surface area contributed by atoms with E-state index >= 15 is 0 Å². The predicted octanol–water partition coefficient (Wildman–Crippen LogP) is 1.73. The van der Waals surface area contributed by atoms with Crippen LogP contribution in [0.25, 0.3) is 0 Å². The standard InChI is InChI=1S/C18H28N4O3/c1-24-10-4-9-21-13-18(7-5-16(21)23)6-3-8-22(14-18)17-19-11-15(25-2)12-20-17/h11-12H,3-10,13-14H2,1-2H3. The molecule has 2 aliphatic rings. The second-order valence-corrected chi connectivity index (χ2v) is 7.11. The largest absolute Gasteiger partial charge is 0.494 e. The Morgan fingerprint density at radius 1 is 1.20 bits per heavy atom. The lowest BCUT2D eigenvalue weighted by atomic mass is 9.73. The van der Waals surface area contributed by atoms with E-state index in [0.29, 0.717) is 18.8 Å². The Morgan fingerprint density at radius 2 is 2.00 bits per heavy atom. The number of hydrogen-bond donors (Lipinski definition) is 0. The lowest BCUT2D eigenvalue weighted by Crippen LogP contribution is -2.54. The Labute approximate surface area is 149 Å². The molecule has 0 aliphatic carbocycles. The number of ether oxygens (including phenoxy) is 2. The molecule has 0 N–H and O–H groups in total. The average molecular weight is 348 g/mol. The van der Waals surface area contributed by atoms with Crippen LogP contribution < -0.4 is 9.64 Å². The maximum atomic E-state index is 12.3. The van der Waals surface area contributed by atoms with Crippen LogP contribution in [0.2, 0.25) is 0 Å². The van der Waals surface area contributed by atoms with Crippen molar-refractivity contribution in [2.24, 2.45) is 5.41 Å². The zero-order chi connectivity index (χ0) is 17.7. The molecular formula is C18H28N4O3. The molecule has 0 aromatic carbocycles. The van der Waals surface area contributed by atoms with Gasteiger partial charge in [0.2, 0.25) is 11.9 Å². The Bertz CT molecular complexity index is 580. The molecular weight excluding hydrogens is 320 g/mol. The summed E-state index contributed by atoms with van der Waals surface area (Å²) >= 11 is 0. The molecule has 2 saturated heterocycles. The van der Waals surface area contributed by atoms with Crippen LogP contribution in [0, 0.1) is 5.41 Å². The zero-order valence-corrected chi connectivity index (χ0v) is 15.2. The number of methoxy groups -OCH3 is 2. The molecule has 1 aromatic rings. The zero-order valence-electron chi connectivity index (χ0n) is 15.2. The summed E-state index contributed by atoms with van der Waals surface area (Å²) in [6, 6.07) is 0. The summed E-state index contributed by atoms with van der Waals surface area (Å²) in [5, 5.41) is 0. The van der Waals surface area contributed by atoms with Crippen LogP contribution in [0.3, 0.4) is 0 Å². The van der Waals surface area contributed by atoms with Crippen molar-refractivity contribution in [3.05, 3.63) is 12.4 Å². The van der Waals surface area contributed by atoms with E-state index in [1.54, 1.807) is 26.6 Å². The molecule has 3 heterocycles. The topological polar surface area (TPSA) is 67.8 Å². The molecule has 0 radical (unpaired) electrons. The van der Waals surface area contributed by atoms with E-state index in [1.165, 1.54) is 0 Å². The highest BCUT2D eigenvalue weighted by atomic mass is 16.5. The van der Waals surface area contributed by atoms with Crippen LogP contribution in [-0.4, -0.2) is 67.8 Å². The minimum atomic E-state index is 0.155. The van der Waals surface area contributed by atoms with Gasteiger partial charge in [0.15, 0.2) is 5.75 Å². The monoisotopic (exact) mass is 348 g/mol. The number of hydrogen-bond acceptors (Lipinski definition) is 6. The van der Waals surface area contributed by atoms with Gasteiger partial charge in [0.05, 0.1) is 19.5 Å². The first-order valence-corrected chi connectivity index (χ1v) is 9.03. The minimum absolute atomic E-state index is 0.155. The van der Waals surface area contributed by atoms with Gasteiger partial charge in [-0.3, -0.25) is 4.79 Å². The lowest BCUT2D eigenvalue weighted by Gasteiger charge is -2.48. The fraction of sp³-hybridized carbons (Fsp3) is 0.722. The number of nitrogens with zero attached hydrogens (tertiary/aromatic N) is 4. The fourth-order valence-electron chi connectivity index (χ4n) is 4.00. The Balaban J connectivity index is 1.67. The molecule has 25 heavy (non-hydrogen) atoms. The summed E-state index contributed by atoms with van der Waals surface area (Å²) in [5.74, 6) is 1.70. The molecule has 2 fully saturated rings. The van der Waals surface area contributed by atoms with Gasteiger partial charge in [-0.2, -0.15) is 0 Å². The quantitative estimate of drug-likeness (QED) is 0.730. The van der Waals surface area contributed by atoms with Gasteiger partial charge >= 0.3 is 0 Å². The van der Waals surface area contributed by atoms with Crippen molar-refractivity contribution in [2.75, 3.05) is 51.9 Å². The summed E-state index contributed by atoms with van der Waals surface area (Å²) in [6.45, 7) is 4.19. The van der Waals surface area contributed by atoms with Crippen LogP contribution in [0.5, 0.6) is 5.75 Å². The van der Waals surface area contributed by atoms with Crippen molar-refractivity contribution in [2.45, 2.75) is 32.1 Å². The Kier molecular flexibility index (Phi) is 5.73. The highest BCUT2D eigenvalue weighted by molar-refractivity contribution is 5.77. The van der Waals surface area contributed by atoms with Gasteiger partial charge in [0.1, 0.15) is 0 Å². The molecule has 2 aliphatic heterocycles. The molecule has 1 unspecified atom stereocenters. The minimum Gasteiger partial charge on any atom is -0.494 e. The molecule has 7 nitrogen and oxygen atoms in total. The van der Waals surface area contributed by atoms with Gasteiger partial charge in [0, 0.05) is 51.7 Å². The SMILES string of the molecule is COCCCN1CC2(CCCN(c3ncc(OC)cn3)C2)CCC1=O. The predicted molar refractivity (Wildman–Crippen MR) is 94.8 cm³/mol. The van der Waals surface area contributed by atoms with Crippen molar-refractivity contribution >= 4 is 11.9 Å². The third-order valence-corrected chi connectivity index (χ3v) is 5.32. The van der Waals surface area contributed by atoms with Crippen molar-refractivity contribution in [3.63, 3.8) is 0 Å². The van der Waals surface area contributed by atoms with E-state index in [4.69, 9.17) is 9.47 Å². The molecule has 0 bridgehead atoms. The summed E-state index contributed by atoms with van der Waals surface area (Å²) < 4.78 is 10.3. The van der Waals surface area contributed by atoms with Crippen molar-refractivity contribution in [3.8, 4) is 5.75 Å². The first-order chi connectivity index (χ1) is 12.2. The first kappa shape index (κ1) is 17.9. The number of aromatic nitrogens is 2. The number of amides is 1. The van der Waals surface area contributed by atoms with Gasteiger partial charge in [-0.25, -0.2) is 9.97 Å². The van der Waals surface area contributed by atoms with Gasteiger partial charge < -0.3 is 19.3 Å². The summed E-state index contributed by atoms with van der Waals surface area (Å²) in [7, 11) is 3.32. The normalized spacial score (nSPS) is 24.0.